The number of aromatic nitrogens is 1. The number of fused-ring (bicyclic) bond motifs is 1. The average molecular weight is 542 g/mol. The van der Waals surface area contributed by atoms with E-state index in [2.05, 4.69) is 4.98 Å². The molecule has 1 heterocycles. The molecule has 6 nitrogen and oxygen atoms in total. The molecule has 0 N–H and O–H groups in total. The Morgan fingerprint density at radius 3 is 2.39 bits per heavy atom. The van der Waals surface area contributed by atoms with Gasteiger partial charge in [0.1, 0.15) is 0 Å². The van der Waals surface area contributed by atoms with Crippen molar-refractivity contribution in [2.75, 3.05) is 18.0 Å². The summed E-state index contributed by atoms with van der Waals surface area (Å²) in [6.45, 7) is 5.06. The Kier molecular flexibility index (Phi) is 8.41. The third kappa shape index (κ3) is 5.78. The minimum absolute atomic E-state index is 0.182. The molecule has 0 aliphatic carbocycles. The molecule has 0 fully saturated rings. The van der Waals surface area contributed by atoms with E-state index in [9.17, 15) is 13.2 Å². The maximum absolute atomic E-state index is 13.7. The molecule has 3 aromatic carbocycles. The van der Waals surface area contributed by atoms with Crippen LogP contribution in [-0.4, -0.2) is 36.7 Å². The maximum Gasteiger partial charge on any atom is 0.260 e. The Balaban J connectivity index is 1.66. The van der Waals surface area contributed by atoms with Crippen molar-refractivity contribution in [3.8, 4) is 0 Å². The number of thiazole rings is 1. The van der Waals surface area contributed by atoms with E-state index in [1.807, 2.05) is 56.3 Å². The lowest BCUT2D eigenvalue weighted by Crippen LogP contribution is -2.32. The Labute approximate surface area is 221 Å². The number of rotatable bonds is 10. The standard InChI is InChI=1S/C27H28ClN3O3S2/c1-3-5-17-30(4-2)36(33,34)23-14-11-21(12-15-23)26(32)31(19-20-9-7-6-8-10-20)27-29-24-16-13-22(28)18-25(24)35-27/h6-16,18H,3-5,17,19H2,1-2H3. The predicted octanol–water partition coefficient (Wildman–Crippen LogP) is 6.61. The molecule has 0 atom stereocenters. The number of carbonyl (C=O) groups excluding carboxylic acids is 1. The van der Waals surface area contributed by atoms with Gasteiger partial charge in [0.05, 0.1) is 21.7 Å². The number of amides is 1. The van der Waals surface area contributed by atoms with Crippen molar-refractivity contribution in [3.05, 3.63) is 88.9 Å². The molecule has 188 valence electrons. The molecule has 4 aromatic rings. The molecule has 1 aromatic heterocycles. The lowest BCUT2D eigenvalue weighted by molar-refractivity contribution is 0.0985. The van der Waals surface area contributed by atoms with Gasteiger partial charge in [0.15, 0.2) is 5.13 Å². The molecular weight excluding hydrogens is 514 g/mol. The first kappa shape index (κ1) is 26.3. The van der Waals surface area contributed by atoms with Crippen LogP contribution in [0.5, 0.6) is 0 Å². The second kappa shape index (κ2) is 11.5. The van der Waals surface area contributed by atoms with Crippen molar-refractivity contribution in [2.24, 2.45) is 0 Å². The highest BCUT2D eigenvalue weighted by Gasteiger charge is 2.25. The first-order valence-electron chi connectivity index (χ1n) is 11.9. The van der Waals surface area contributed by atoms with E-state index in [0.29, 0.717) is 35.4 Å². The summed E-state index contributed by atoms with van der Waals surface area (Å²) in [5.41, 5.74) is 2.11. The fourth-order valence-corrected chi connectivity index (χ4v) is 6.58. The molecule has 0 aliphatic heterocycles. The summed E-state index contributed by atoms with van der Waals surface area (Å²) in [4.78, 5) is 20.2. The lowest BCUT2D eigenvalue weighted by atomic mass is 10.1. The SMILES string of the molecule is CCCCN(CC)S(=O)(=O)c1ccc(C(=O)N(Cc2ccccc2)c2nc3ccc(Cl)cc3s2)cc1. The Morgan fingerprint density at radius 2 is 1.72 bits per heavy atom. The predicted molar refractivity (Wildman–Crippen MR) is 147 cm³/mol. The van der Waals surface area contributed by atoms with Crippen LogP contribution >= 0.6 is 22.9 Å². The fraction of sp³-hybridized carbons (Fsp3) is 0.259. The molecule has 0 spiro atoms. The number of sulfonamides is 1. The van der Waals surface area contributed by atoms with Gasteiger partial charge in [-0.3, -0.25) is 9.69 Å². The van der Waals surface area contributed by atoms with Gasteiger partial charge in [0.25, 0.3) is 5.91 Å². The van der Waals surface area contributed by atoms with Crippen molar-refractivity contribution in [3.63, 3.8) is 0 Å². The van der Waals surface area contributed by atoms with Crippen LogP contribution in [0.25, 0.3) is 10.2 Å². The second-order valence-electron chi connectivity index (χ2n) is 8.36. The van der Waals surface area contributed by atoms with Gasteiger partial charge in [0, 0.05) is 23.7 Å². The number of unbranched alkanes of at least 4 members (excludes halogenated alkanes) is 1. The Hall–Kier alpha value is -2.78. The first-order valence-corrected chi connectivity index (χ1v) is 14.5. The summed E-state index contributed by atoms with van der Waals surface area (Å²) < 4.78 is 28.5. The van der Waals surface area contributed by atoms with E-state index in [1.165, 1.54) is 27.8 Å². The van der Waals surface area contributed by atoms with Gasteiger partial charge in [-0.2, -0.15) is 4.31 Å². The zero-order valence-corrected chi connectivity index (χ0v) is 22.6. The van der Waals surface area contributed by atoms with E-state index >= 15 is 0 Å². The summed E-state index contributed by atoms with van der Waals surface area (Å²) in [6, 6.07) is 21.3. The van der Waals surface area contributed by atoms with Crippen LogP contribution in [0.4, 0.5) is 5.13 Å². The molecule has 4 rings (SSSR count). The molecule has 0 aliphatic rings. The summed E-state index contributed by atoms with van der Waals surface area (Å²) in [5, 5.41) is 1.16. The second-order valence-corrected chi connectivity index (χ2v) is 11.7. The van der Waals surface area contributed by atoms with Crippen molar-refractivity contribution >= 4 is 54.2 Å². The summed E-state index contributed by atoms with van der Waals surface area (Å²) in [7, 11) is -3.62. The zero-order valence-electron chi connectivity index (χ0n) is 20.2. The molecule has 0 bridgehead atoms. The molecule has 36 heavy (non-hydrogen) atoms. The van der Waals surface area contributed by atoms with Crippen molar-refractivity contribution < 1.29 is 13.2 Å². The number of anilines is 1. The van der Waals surface area contributed by atoms with Gasteiger partial charge in [0.2, 0.25) is 10.0 Å². The number of carbonyl (C=O) groups is 1. The van der Waals surface area contributed by atoms with E-state index in [-0.39, 0.29) is 10.8 Å². The molecule has 0 unspecified atom stereocenters. The van der Waals surface area contributed by atoms with Gasteiger partial charge >= 0.3 is 0 Å². The van der Waals surface area contributed by atoms with Crippen LogP contribution in [0, 0.1) is 0 Å². The summed E-state index contributed by atoms with van der Waals surface area (Å²) >= 11 is 7.54. The van der Waals surface area contributed by atoms with Crippen LogP contribution in [0.15, 0.2) is 77.7 Å². The smallest absolute Gasteiger partial charge is 0.260 e. The maximum atomic E-state index is 13.7. The van der Waals surface area contributed by atoms with Crippen LogP contribution in [0.1, 0.15) is 42.6 Å². The first-order chi connectivity index (χ1) is 17.3. The Bertz CT molecular complexity index is 1440. The number of hydrogen-bond acceptors (Lipinski definition) is 5. The highest BCUT2D eigenvalue weighted by atomic mass is 35.5. The molecule has 1 amide bonds. The number of halogens is 1. The van der Waals surface area contributed by atoms with Gasteiger partial charge in [-0.15, -0.1) is 0 Å². The highest BCUT2D eigenvalue weighted by molar-refractivity contribution is 7.89. The van der Waals surface area contributed by atoms with Crippen LogP contribution in [0.3, 0.4) is 0 Å². The van der Waals surface area contributed by atoms with Gasteiger partial charge in [-0.1, -0.05) is 73.5 Å². The van der Waals surface area contributed by atoms with Crippen LogP contribution in [-0.2, 0) is 16.6 Å². The number of benzene rings is 3. The van der Waals surface area contributed by atoms with Gasteiger partial charge in [-0.05, 0) is 54.4 Å². The van der Waals surface area contributed by atoms with Crippen LogP contribution in [0.2, 0.25) is 5.02 Å². The quantitative estimate of drug-likeness (QED) is 0.226. The highest BCUT2D eigenvalue weighted by Crippen LogP contribution is 2.32. The van der Waals surface area contributed by atoms with E-state index in [0.717, 1.165) is 28.6 Å². The number of hydrogen-bond donors (Lipinski definition) is 0. The topological polar surface area (TPSA) is 70.6 Å². The lowest BCUT2D eigenvalue weighted by Gasteiger charge is -2.22. The third-order valence-corrected chi connectivity index (χ3v) is 9.12. The normalized spacial score (nSPS) is 11.8. The largest absolute Gasteiger partial charge is 0.279 e. The van der Waals surface area contributed by atoms with Crippen LogP contribution < -0.4 is 4.90 Å². The fourth-order valence-electron chi connectivity index (χ4n) is 3.85. The van der Waals surface area contributed by atoms with Gasteiger partial charge < -0.3 is 0 Å². The minimum Gasteiger partial charge on any atom is -0.279 e. The minimum atomic E-state index is -3.62. The third-order valence-electron chi connectivity index (χ3n) is 5.85. The zero-order chi connectivity index (χ0) is 25.7. The Morgan fingerprint density at radius 1 is 1.00 bits per heavy atom. The average Bonchev–Trinajstić information content (AvgIpc) is 3.31. The molecule has 0 saturated carbocycles. The van der Waals surface area contributed by atoms with E-state index < -0.39 is 10.0 Å². The monoisotopic (exact) mass is 541 g/mol. The summed E-state index contributed by atoms with van der Waals surface area (Å²) in [6.07, 6.45) is 1.71. The molecule has 0 radical (unpaired) electrons. The molecule has 9 heteroatoms. The van der Waals surface area contributed by atoms with Gasteiger partial charge in [-0.25, -0.2) is 13.4 Å². The van der Waals surface area contributed by atoms with Crippen molar-refractivity contribution in [2.45, 2.75) is 38.1 Å². The summed E-state index contributed by atoms with van der Waals surface area (Å²) in [5.74, 6) is -0.258. The van der Waals surface area contributed by atoms with Crippen molar-refractivity contribution in [1.82, 2.24) is 9.29 Å². The van der Waals surface area contributed by atoms with E-state index in [1.54, 1.807) is 23.1 Å². The number of nitrogens with zero attached hydrogens (tertiary/aromatic N) is 3. The molecule has 0 saturated heterocycles. The van der Waals surface area contributed by atoms with E-state index in [4.69, 9.17) is 11.6 Å². The molecular formula is C27H28ClN3O3S2. The van der Waals surface area contributed by atoms with Crippen molar-refractivity contribution in [1.29, 1.82) is 0 Å².